The van der Waals surface area contributed by atoms with Gasteiger partial charge in [-0.05, 0) is 48.0 Å². The van der Waals surface area contributed by atoms with Gasteiger partial charge in [0.1, 0.15) is 23.2 Å². The number of hydrogen-bond acceptors (Lipinski definition) is 5. The zero-order valence-corrected chi connectivity index (χ0v) is 20.0. The maximum Gasteiger partial charge on any atom is 0.269 e. The molecule has 5 aromatic rings. The van der Waals surface area contributed by atoms with E-state index in [4.69, 9.17) is 11.6 Å². The summed E-state index contributed by atoms with van der Waals surface area (Å²) in [5.74, 6) is -0.653. The Labute approximate surface area is 209 Å². The van der Waals surface area contributed by atoms with E-state index in [9.17, 15) is 14.0 Å². The smallest absolute Gasteiger partial charge is 0.269 e. The minimum absolute atomic E-state index is 0.210. The average molecular weight is 506 g/mol. The first-order valence-electron chi connectivity index (χ1n) is 11.1. The number of benzene rings is 2. The van der Waals surface area contributed by atoms with Gasteiger partial charge in [0.05, 0.1) is 25.0 Å². The number of fused-ring (bicyclic) bond motifs is 1. The predicted octanol–water partition coefficient (Wildman–Crippen LogP) is 3.26. The normalized spacial score (nSPS) is 11.2. The van der Waals surface area contributed by atoms with Crippen LogP contribution in [-0.4, -0.2) is 41.6 Å². The lowest BCUT2D eigenvalue weighted by Gasteiger charge is -2.08. The summed E-state index contributed by atoms with van der Waals surface area (Å²) < 4.78 is 17.7. The van der Waals surface area contributed by atoms with Crippen LogP contribution in [0.4, 0.5) is 4.39 Å². The maximum absolute atomic E-state index is 13.2. The molecule has 1 N–H and O–H groups in total. The van der Waals surface area contributed by atoms with Crippen molar-refractivity contribution in [3.05, 3.63) is 99.6 Å². The maximum atomic E-state index is 13.2. The van der Waals surface area contributed by atoms with Gasteiger partial charge < -0.3 is 5.32 Å². The number of hydrogen-bond donors (Lipinski definition) is 1. The molecule has 0 aliphatic heterocycles. The third-order valence-corrected chi connectivity index (χ3v) is 5.96. The number of carbonyl (C=O) groups is 1. The summed E-state index contributed by atoms with van der Waals surface area (Å²) in [5.41, 5.74) is 2.76. The Morgan fingerprint density at radius 1 is 1.14 bits per heavy atom. The van der Waals surface area contributed by atoms with Gasteiger partial charge in [0.25, 0.3) is 11.5 Å². The van der Waals surface area contributed by atoms with Crippen molar-refractivity contribution < 1.29 is 9.18 Å². The molecule has 11 heteroatoms. The highest BCUT2D eigenvalue weighted by atomic mass is 35.5. The molecule has 0 atom stereocenters. The molecule has 0 spiro atoms. The number of aromatic nitrogens is 6. The summed E-state index contributed by atoms with van der Waals surface area (Å²) in [7, 11) is 1.67. The molecule has 0 unspecified atom stereocenters. The van der Waals surface area contributed by atoms with Gasteiger partial charge in [0, 0.05) is 24.2 Å². The fourth-order valence-electron chi connectivity index (χ4n) is 3.91. The second kappa shape index (κ2) is 9.74. The number of aryl methyl sites for hydroxylation is 1. The molecule has 9 nitrogen and oxygen atoms in total. The van der Waals surface area contributed by atoms with Gasteiger partial charge in [0.15, 0.2) is 5.65 Å². The Kier molecular flexibility index (Phi) is 6.34. The number of halogens is 2. The van der Waals surface area contributed by atoms with Crippen molar-refractivity contribution in [3.63, 3.8) is 0 Å². The van der Waals surface area contributed by atoms with Crippen LogP contribution in [0.5, 0.6) is 0 Å². The lowest BCUT2D eigenvalue weighted by molar-refractivity contribution is 0.0942. The second-order valence-corrected chi connectivity index (χ2v) is 8.65. The van der Waals surface area contributed by atoms with Crippen LogP contribution in [-0.2, 0) is 20.1 Å². The van der Waals surface area contributed by atoms with Crippen molar-refractivity contribution in [2.45, 2.75) is 13.1 Å². The van der Waals surface area contributed by atoms with Gasteiger partial charge in [0.2, 0.25) is 0 Å². The third kappa shape index (κ3) is 4.76. The molecule has 1 amide bonds. The molecular formula is C25H21ClFN7O2. The van der Waals surface area contributed by atoms with E-state index in [0.29, 0.717) is 46.1 Å². The Morgan fingerprint density at radius 2 is 1.94 bits per heavy atom. The van der Waals surface area contributed by atoms with Crippen LogP contribution in [0, 0.1) is 5.82 Å². The molecule has 0 aliphatic carbocycles. The Balaban J connectivity index is 1.26. The topological polar surface area (TPSA) is 99.6 Å². The SMILES string of the molecule is Cn1nc(-c2ccc(F)cc2)cc1C(=O)NCCn1ncc2c(=O)n(Cc3cccc(Cl)c3)cnc21. The van der Waals surface area contributed by atoms with E-state index in [2.05, 4.69) is 20.5 Å². The minimum atomic E-state index is -0.340. The summed E-state index contributed by atoms with van der Waals surface area (Å²) >= 11 is 6.04. The van der Waals surface area contributed by atoms with Crippen molar-refractivity contribution in [2.75, 3.05) is 6.54 Å². The van der Waals surface area contributed by atoms with Crippen LogP contribution in [0.2, 0.25) is 5.02 Å². The number of rotatable bonds is 7. The van der Waals surface area contributed by atoms with Crippen molar-refractivity contribution in [1.29, 1.82) is 0 Å². The number of carbonyl (C=O) groups excluding carboxylic acids is 1. The van der Waals surface area contributed by atoms with Gasteiger partial charge in [-0.25, -0.2) is 14.1 Å². The number of amides is 1. The standard InChI is InChI=1S/C25H21ClFN7O2/c1-32-22(12-21(31-32)17-5-7-19(27)8-6-17)24(35)28-9-10-34-23-20(13-30-34)25(36)33(15-29-23)14-16-3-2-4-18(26)11-16/h2-8,11-13,15H,9-10,14H2,1H3,(H,28,35). The minimum Gasteiger partial charge on any atom is -0.349 e. The molecule has 2 aromatic carbocycles. The summed E-state index contributed by atoms with van der Waals surface area (Å²) in [5, 5.41) is 12.4. The zero-order valence-electron chi connectivity index (χ0n) is 19.2. The predicted molar refractivity (Wildman–Crippen MR) is 133 cm³/mol. The van der Waals surface area contributed by atoms with E-state index in [1.165, 1.54) is 33.9 Å². The first-order valence-corrected chi connectivity index (χ1v) is 11.5. The first-order chi connectivity index (χ1) is 17.4. The van der Waals surface area contributed by atoms with Gasteiger partial charge >= 0.3 is 0 Å². The summed E-state index contributed by atoms with van der Waals surface area (Å²) in [4.78, 5) is 30.0. The third-order valence-electron chi connectivity index (χ3n) is 5.73. The van der Waals surface area contributed by atoms with E-state index in [0.717, 1.165) is 5.56 Å². The lowest BCUT2D eigenvalue weighted by atomic mass is 10.1. The summed E-state index contributed by atoms with van der Waals surface area (Å²) in [6.07, 6.45) is 2.96. The molecule has 36 heavy (non-hydrogen) atoms. The van der Waals surface area contributed by atoms with Crippen LogP contribution >= 0.6 is 11.6 Å². The van der Waals surface area contributed by atoms with Gasteiger partial charge in [-0.3, -0.25) is 18.8 Å². The molecule has 0 fully saturated rings. The fourth-order valence-corrected chi connectivity index (χ4v) is 4.13. The molecule has 0 saturated heterocycles. The number of nitrogens with one attached hydrogen (secondary N) is 1. The molecular weight excluding hydrogens is 485 g/mol. The van der Waals surface area contributed by atoms with Crippen molar-refractivity contribution in [2.24, 2.45) is 7.05 Å². The fraction of sp³-hybridized carbons (Fsp3) is 0.160. The van der Waals surface area contributed by atoms with Gasteiger partial charge in [-0.1, -0.05) is 23.7 Å². The van der Waals surface area contributed by atoms with E-state index in [1.807, 2.05) is 12.1 Å². The van der Waals surface area contributed by atoms with E-state index in [-0.39, 0.29) is 23.8 Å². The monoisotopic (exact) mass is 505 g/mol. The van der Waals surface area contributed by atoms with Crippen LogP contribution in [0.15, 0.2) is 71.9 Å². The lowest BCUT2D eigenvalue weighted by Crippen LogP contribution is -2.29. The van der Waals surface area contributed by atoms with Gasteiger partial charge in [-0.15, -0.1) is 0 Å². The number of nitrogens with zero attached hydrogens (tertiary/aromatic N) is 6. The van der Waals surface area contributed by atoms with E-state index < -0.39 is 0 Å². The van der Waals surface area contributed by atoms with Crippen LogP contribution in [0.3, 0.4) is 0 Å². The molecule has 182 valence electrons. The molecule has 0 radical (unpaired) electrons. The summed E-state index contributed by atoms with van der Waals surface area (Å²) in [6.45, 7) is 0.927. The van der Waals surface area contributed by atoms with Crippen LogP contribution in [0.25, 0.3) is 22.3 Å². The molecule has 0 bridgehead atoms. The average Bonchev–Trinajstić information content (AvgIpc) is 3.45. The van der Waals surface area contributed by atoms with Crippen molar-refractivity contribution >= 4 is 28.5 Å². The molecule has 0 saturated carbocycles. The highest BCUT2D eigenvalue weighted by molar-refractivity contribution is 6.30. The van der Waals surface area contributed by atoms with Gasteiger partial charge in [-0.2, -0.15) is 10.2 Å². The Hall–Kier alpha value is -4.31. The molecule has 5 rings (SSSR count). The molecule has 3 heterocycles. The van der Waals surface area contributed by atoms with E-state index in [1.54, 1.807) is 42.1 Å². The van der Waals surface area contributed by atoms with Crippen LogP contribution < -0.4 is 10.9 Å². The molecule has 3 aromatic heterocycles. The zero-order chi connectivity index (χ0) is 25.2. The summed E-state index contributed by atoms with van der Waals surface area (Å²) in [6, 6.07) is 14.9. The quantitative estimate of drug-likeness (QED) is 0.366. The highest BCUT2D eigenvalue weighted by Gasteiger charge is 2.15. The van der Waals surface area contributed by atoms with Crippen molar-refractivity contribution in [1.82, 2.24) is 34.4 Å². The second-order valence-electron chi connectivity index (χ2n) is 8.21. The highest BCUT2D eigenvalue weighted by Crippen LogP contribution is 2.19. The Morgan fingerprint density at radius 3 is 2.72 bits per heavy atom. The van der Waals surface area contributed by atoms with Crippen molar-refractivity contribution in [3.8, 4) is 11.3 Å². The largest absolute Gasteiger partial charge is 0.349 e. The molecule has 0 aliphatic rings. The first kappa shape index (κ1) is 23.4. The Bertz CT molecular complexity index is 1620. The van der Waals surface area contributed by atoms with E-state index >= 15 is 0 Å². The van der Waals surface area contributed by atoms with Crippen LogP contribution in [0.1, 0.15) is 16.1 Å².